The lowest BCUT2D eigenvalue weighted by molar-refractivity contribution is -0.140. The first-order valence-electron chi connectivity index (χ1n) is 8.88. The third kappa shape index (κ3) is 3.38. The Bertz CT molecular complexity index is 1020. The molecule has 0 aliphatic carbocycles. The number of aromatic hydroxyl groups is 1. The van der Waals surface area contributed by atoms with Crippen LogP contribution in [0.4, 0.5) is 23.5 Å². The standard InChI is InChI=1S/C18H16F4N6O2/c1-9-5-14-13(25-26-28(14)17-23-6-10(29)7-24-17)8-27(9)16(30)11-3-2-4-12(15(11)19)18(20,21)22/h2-4,6-7,9,25-26,29H,5,8H2,1H3/t9-/m0/s1. The van der Waals surface area contributed by atoms with E-state index >= 15 is 0 Å². The van der Waals surface area contributed by atoms with Crippen LogP contribution in [0.1, 0.15) is 29.3 Å². The van der Waals surface area contributed by atoms with E-state index in [0.717, 1.165) is 17.8 Å². The van der Waals surface area contributed by atoms with Crippen LogP contribution in [0, 0.1) is 5.82 Å². The number of nitrogens with zero attached hydrogens (tertiary/aromatic N) is 4. The first-order valence-corrected chi connectivity index (χ1v) is 8.88. The fourth-order valence-corrected chi connectivity index (χ4v) is 3.40. The molecule has 1 aromatic carbocycles. The fraction of sp³-hybridized carbons (Fsp3) is 0.278. The molecule has 0 saturated carbocycles. The second-order valence-corrected chi connectivity index (χ2v) is 6.89. The van der Waals surface area contributed by atoms with E-state index in [0.29, 0.717) is 18.2 Å². The number of alkyl halides is 3. The van der Waals surface area contributed by atoms with Crippen LogP contribution in [-0.4, -0.2) is 38.5 Å². The zero-order valence-electron chi connectivity index (χ0n) is 15.5. The average molecular weight is 424 g/mol. The highest BCUT2D eigenvalue weighted by Gasteiger charge is 2.39. The van der Waals surface area contributed by atoms with Crippen molar-refractivity contribution < 1.29 is 27.5 Å². The summed E-state index contributed by atoms with van der Waals surface area (Å²) in [6.45, 7) is 1.73. The Labute approximate surface area is 167 Å². The SMILES string of the molecule is C[C@H]1CC2=C(CN1C(=O)c1cccc(C(F)(F)F)c1F)NNN2c1ncc(O)cn1. The predicted octanol–water partition coefficient (Wildman–Crippen LogP) is 2.32. The van der Waals surface area contributed by atoms with Gasteiger partial charge in [-0.3, -0.25) is 4.79 Å². The Hall–Kier alpha value is -3.41. The summed E-state index contributed by atoms with van der Waals surface area (Å²) in [6, 6.07) is 2.22. The monoisotopic (exact) mass is 424 g/mol. The van der Waals surface area contributed by atoms with Gasteiger partial charge in [0.05, 0.1) is 41.5 Å². The average Bonchev–Trinajstić information content (AvgIpc) is 3.09. The van der Waals surface area contributed by atoms with Gasteiger partial charge in [0.15, 0.2) is 5.75 Å². The van der Waals surface area contributed by atoms with E-state index in [9.17, 15) is 27.5 Å². The van der Waals surface area contributed by atoms with Gasteiger partial charge in [0.2, 0.25) is 5.95 Å². The first-order chi connectivity index (χ1) is 14.2. The Kier molecular flexibility index (Phi) is 4.73. The zero-order chi connectivity index (χ0) is 21.6. The zero-order valence-corrected chi connectivity index (χ0v) is 15.5. The molecule has 0 spiro atoms. The molecule has 2 aliphatic heterocycles. The molecule has 1 atom stereocenters. The largest absolute Gasteiger partial charge is 0.505 e. The van der Waals surface area contributed by atoms with Crippen molar-refractivity contribution in [3.05, 3.63) is 58.9 Å². The minimum atomic E-state index is -4.90. The molecule has 0 unspecified atom stereocenters. The summed E-state index contributed by atoms with van der Waals surface area (Å²) < 4.78 is 53.4. The maximum atomic E-state index is 14.4. The summed E-state index contributed by atoms with van der Waals surface area (Å²) in [6.07, 6.45) is -2.14. The van der Waals surface area contributed by atoms with E-state index in [1.165, 1.54) is 22.3 Å². The Morgan fingerprint density at radius 1 is 1.27 bits per heavy atom. The quantitative estimate of drug-likeness (QED) is 0.637. The third-order valence-corrected chi connectivity index (χ3v) is 4.91. The number of rotatable bonds is 2. The molecule has 0 bridgehead atoms. The number of benzene rings is 1. The highest BCUT2D eigenvalue weighted by Crippen LogP contribution is 2.34. The number of carbonyl (C=O) groups is 1. The maximum absolute atomic E-state index is 14.4. The van der Waals surface area contributed by atoms with Crippen molar-refractivity contribution in [1.29, 1.82) is 0 Å². The van der Waals surface area contributed by atoms with E-state index in [-0.39, 0.29) is 18.2 Å². The molecular formula is C18H16F4N6O2. The second kappa shape index (κ2) is 7.13. The molecule has 12 heteroatoms. The third-order valence-electron chi connectivity index (χ3n) is 4.91. The van der Waals surface area contributed by atoms with Crippen molar-refractivity contribution in [2.24, 2.45) is 0 Å². The molecule has 1 aromatic heterocycles. The molecule has 0 radical (unpaired) electrons. The summed E-state index contributed by atoms with van der Waals surface area (Å²) in [4.78, 5) is 22.2. The van der Waals surface area contributed by atoms with Crippen molar-refractivity contribution >= 4 is 11.9 Å². The molecule has 4 rings (SSSR count). The highest BCUT2D eigenvalue weighted by molar-refractivity contribution is 5.95. The van der Waals surface area contributed by atoms with Crippen molar-refractivity contribution in [2.75, 3.05) is 11.6 Å². The highest BCUT2D eigenvalue weighted by atomic mass is 19.4. The second-order valence-electron chi connectivity index (χ2n) is 6.89. The van der Waals surface area contributed by atoms with Crippen LogP contribution >= 0.6 is 0 Å². The number of hydrogen-bond donors (Lipinski definition) is 3. The van der Waals surface area contributed by atoms with Crippen LogP contribution in [0.3, 0.4) is 0 Å². The van der Waals surface area contributed by atoms with Crippen LogP contribution in [0.15, 0.2) is 42.0 Å². The number of nitrogens with one attached hydrogen (secondary N) is 2. The van der Waals surface area contributed by atoms with Crippen molar-refractivity contribution in [3.8, 4) is 5.75 Å². The van der Waals surface area contributed by atoms with Gasteiger partial charge in [-0.25, -0.2) is 19.4 Å². The van der Waals surface area contributed by atoms with Crippen LogP contribution in [-0.2, 0) is 6.18 Å². The normalized spacial score (nSPS) is 19.0. The molecule has 0 fully saturated rings. The number of carbonyl (C=O) groups excluding carboxylic acids is 1. The van der Waals surface area contributed by atoms with Gasteiger partial charge in [-0.2, -0.15) is 13.2 Å². The van der Waals surface area contributed by atoms with Gasteiger partial charge < -0.3 is 15.4 Å². The number of halogens is 4. The van der Waals surface area contributed by atoms with E-state index in [1.54, 1.807) is 6.92 Å². The van der Waals surface area contributed by atoms with Gasteiger partial charge in [0.25, 0.3) is 5.91 Å². The number of hydrazine groups is 2. The predicted molar refractivity (Wildman–Crippen MR) is 96.0 cm³/mol. The molecule has 30 heavy (non-hydrogen) atoms. The van der Waals surface area contributed by atoms with Crippen molar-refractivity contribution in [1.82, 2.24) is 25.8 Å². The van der Waals surface area contributed by atoms with Crippen molar-refractivity contribution in [2.45, 2.75) is 25.6 Å². The molecule has 8 nitrogen and oxygen atoms in total. The minimum Gasteiger partial charge on any atom is -0.505 e. The summed E-state index contributed by atoms with van der Waals surface area (Å²) in [5.74, 6) is -2.27. The Balaban J connectivity index is 1.61. The van der Waals surface area contributed by atoms with Gasteiger partial charge in [-0.1, -0.05) is 6.07 Å². The maximum Gasteiger partial charge on any atom is 0.419 e. The summed E-state index contributed by atoms with van der Waals surface area (Å²) >= 11 is 0. The van der Waals surface area contributed by atoms with Crippen LogP contribution in [0.2, 0.25) is 0 Å². The number of aromatic nitrogens is 2. The molecule has 0 saturated heterocycles. The van der Waals surface area contributed by atoms with Gasteiger partial charge in [-0.15, -0.1) is 5.53 Å². The van der Waals surface area contributed by atoms with Crippen molar-refractivity contribution in [3.63, 3.8) is 0 Å². The van der Waals surface area contributed by atoms with E-state index in [1.807, 2.05) is 0 Å². The smallest absolute Gasteiger partial charge is 0.419 e. The van der Waals surface area contributed by atoms with E-state index in [2.05, 4.69) is 20.9 Å². The molecular weight excluding hydrogens is 408 g/mol. The fourth-order valence-electron chi connectivity index (χ4n) is 3.40. The summed E-state index contributed by atoms with van der Waals surface area (Å²) in [7, 11) is 0. The van der Waals surface area contributed by atoms with Gasteiger partial charge in [-0.05, 0) is 19.1 Å². The molecule has 3 N–H and O–H groups in total. The summed E-state index contributed by atoms with van der Waals surface area (Å²) in [5.41, 5.74) is 4.90. The lowest BCUT2D eigenvalue weighted by atomic mass is 10.0. The number of amides is 1. The molecule has 1 amide bonds. The molecule has 158 valence electrons. The molecule has 3 heterocycles. The topological polar surface area (TPSA) is 93.6 Å². The lowest BCUT2D eigenvalue weighted by Crippen LogP contribution is -2.45. The van der Waals surface area contributed by atoms with Crippen LogP contribution < -0.4 is 16.0 Å². The van der Waals surface area contributed by atoms with Crippen LogP contribution in [0.5, 0.6) is 5.75 Å². The van der Waals surface area contributed by atoms with Crippen LogP contribution in [0.25, 0.3) is 0 Å². The van der Waals surface area contributed by atoms with E-state index in [4.69, 9.17) is 0 Å². The number of hydrogen-bond acceptors (Lipinski definition) is 7. The molecule has 2 aromatic rings. The summed E-state index contributed by atoms with van der Waals surface area (Å²) in [5, 5.41) is 10.9. The number of anilines is 1. The minimum absolute atomic E-state index is 0.0204. The van der Waals surface area contributed by atoms with Gasteiger partial charge in [0.1, 0.15) is 5.82 Å². The van der Waals surface area contributed by atoms with Gasteiger partial charge >= 0.3 is 6.18 Å². The Morgan fingerprint density at radius 3 is 2.63 bits per heavy atom. The molecule has 2 aliphatic rings. The Morgan fingerprint density at radius 2 is 1.97 bits per heavy atom. The van der Waals surface area contributed by atoms with Gasteiger partial charge in [0, 0.05) is 12.5 Å². The van der Waals surface area contributed by atoms with E-state index < -0.39 is 35.1 Å². The first kappa shape index (κ1) is 19.9. The lowest BCUT2D eigenvalue weighted by Gasteiger charge is -2.34.